The van der Waals surface area contributed by atoms with E-state index in [1.165, 1.54) is 30.3 Å². The van der Waals surface area contributed by atoms with E-state index in [2.05, 4.69) is 15.2 Å². The molecule has 0 saturated carbocycles. The van der Waals surface area contributed by atoms with Gasteiger partial charge in [-0.05, 0) is 60.2 Å². The summed E-state index contributed by atoms with van der Waals surface area (Å²) >= 11 is 0. The second kappa shape index (κ2) is 10.0. The molecule has 2 aromatic carbocycles. The van der Waals surface area contributed by atoms with Gasteiger partial charge in [0, 0.05) is 24.9 Å². The molecule has 4 rings (SSSR count). The fraction of sp³-hybridized carbons (Fsp3) is 0.120. The molecule has 0 radical (unpaired) electrons. The molecule has 9 heteroatoms. The van der Waals surface area contributed by atoms with Gasteiger partial charge in [-0.1, -0.05) is 12.1 Å². The lowest BCUT2D eigenvalue weighted by Gasteiger charge is -2.22. The Bertz CT molecular complexity index is 1310. The number of aromatic amines is 1. The van der Waals surface area contributed by atoms with Crippen LogP contribution in [0.25, 0.3) is 22.5 Å². The van der Waals surface area contributed by atoms with Gasteiger partial charge in [-0.25, -0.2) is 8.78 Å². The van der Waals surface area contributed by atoms with Crippen molar-refractivity contribution < 1.29 is 23.5 Å². The standard InChI is InChI=1S/C25H20F2N4O3/c26-17-9-7-16(8-10-17)21-14-22(30-29-21)24-19(5-3-6-20(24)27)25(34)31(15-23(32)33)13-11-18-4-1-2-12-28-18/h1-10,12,14H,11,13,15H2,(H,29,30)(H,32,33). The number of carboxylic acid groups (broad SMARTS) is 1. The summed E-state index contributed by atoms with van der Waals surface area (Å²) in [5.74, 6) is -2.90. The van der Waals surface area contributed by atoms with E-state index in [-0.39, 0.29) is 23.4 Å². The van der Waals surface area contributed by atoms with Crippen molar-refractivity contribution in [1.29, 1.82) is 0 Å². The quantitative estimate of drug-likeness (QED) is 0.409. The van der Waals surface area contributed by atoms with E-state index in [4.69, 9.17) is 0 Å². The maximum atomic E-state index is 14.9. The third-order valence-corrected chi connectivity index (χ3v) is 5.21. The van der Waals surface area contributed by atoms with Crippen molar-refractivity contribution in [2.24, 2.45) is 0 Å². The van der Waals surface area contributed by atoms with Crippen LogP contribution in [0, 0.1) is 11.6 Å². The van der Waals surface area contributed by atoms with Crippen LogP contribution < -0.4 is 0 Å². The Morgan fingerprint density at radius 3 is 2.50 bits per heavy atom. The number of hydrogen-bond acceptors (Lipinski definition) is 4. The van der Waals surface area contributed by atoms with Crippen molar-refractivity contribution in [2.45, 2.75) is 6.42 Å². The number of nitrogens with one attached hydrogen (secondary N) is 1. The molecule has 0 atom stereocenters. The van der Waals surface area contributed by atoms with Crippen LogP contribution in [0.15, 0.2) is 72.9 Å². The summed E-state index contributed by atoms with van der Waals surface area (Å²) in [4.78, 5) is 30.1. The Hall–Kier alpha value is -4.40. The molecule has 0 aliphatic carbocycles. The Balaban J connectivity index is 1.66. The number of halogens is 2. The van der Waals surface area contributed by atoms with Crippen LogP contribution >= 0.6 is 0 Å². The highest BCUT2D eigenvalue weighted by Crippen LogP contribution is 2.30. The second-order valence-electron chi connectivity index (χ2n) is 7.53. The average Bonchev–Trinajstić information content (AvgIpc) is 3.32. The zero-order valence-corrected chi connectivity index (χ0v) is 17.9. The highest BCUT2D eigenvalue weighted by molar-refractivity contribution is 6.01. The Labute approximate surface area is 193 Å². The number of aromatic nitrogens is 3. The fourth-order valence-electron chi connectivity index (χ4n) is 3.57. The van der Waals surface area contributed by atoms with Gasteiger partial charge < -0.3 is 10.0 Å². The number of pyridine rings is 1. The minimum absolute atomic E-state index is 0.0144. The van der Waals surface area contributed by atoms with Gasteiger partial charge in [0.15, 0.2) is 0 Å². The van der Waals surface area contributed by atoms with Crippen molar-refractivity contribution in [3.05, 3.63) is 95.8 Å². The number of benzene rings is 2. The van der Waals surface area contributed by atoms with Crippen molar-refractivity contribution in [2.75, 3.05) is 13.1 Å². The van der Waals surface area contributed by atoms with Crippen LogP contribution in [0.1, 0.15) is 16.1 Å². The summed E-state index contributed by atoms with van der Waals surface area (Å²) in [5, 5.41) is 16.3. The number of hydrogen-bond donors (Lipinski definition) is 2. The molecular formula is C25H20F2N4O3. The van der Waals surface area contributed by atoms with Crippen LogP contribution in [0.2, 0.25) is 0 Å². The molecule has 4 aromatic rings. The molecule has 2 N–H and O–H groups in total. The summed E-state index contributed by atoms with van der Waals surface area (Å²) < 4.78 is 28.2. The molecule has 0 spiro atoms. The molecule has 34 heavy (non-hydrogen) atoms. The maximum absolute atomic E-state index is 14.9. The van der Waals surface area contributed by atoms with Crippen LogP contribution in [-0.4, -0.2) is 50.2 Å². The summed E-state index contributed by atoms with van der Waals surface area (Å²) in [5.41, 5.74) is 1.94. The molecule has 7 nitrogen and oxygen atoms in total. The third kappa shape index (κ3) is 5.15. The number of carbonyl (C=O) groups is 2. The lowest BCUT2D eigenvalue weighted by atomic mass is 10.0. The van der Waals surface area contributed by atoms with E-state index in [0.717, 1.165) is 4.90 Å². The minimum atomic E-state index is -1.19. The van der Waals surface area contributed by atoms with Gasteiger partial charge in [-0.3, -0.25) is 19.7 Å². The van der Waals surface area contributed by atoms with E-state index in [1.54, 1.807) is 42.6 Å². The summed E-state index contributed by atoms with van der Waals surface area (Å²) in [6.45, 7) is -0.470. The number of H-pyrrole nitrogens is 1. The molecule has 172 valence electrons. The van der Waals surface area contributed by atoms with Gasteiger partial charge >= 0.3 is 5.97 Å². The fourth-order valence-corrected chi connectivity index (χ4v) is 3.57. The van der Waals surface area contributed by atoms with Crippen LogP contribution in [0.3, 0.4) is 0 Å². The molecule has 0 bridgehead atoms. The number of aliphatic carboxylic acids is 1. The molecule has 0 aliphatic rings. The minimum Gasteiger partial charge on any atom is -0.480 e. The first-order valence-electron chi connectivity index (χ1n) is 10.4. The van der Waals surface area contributed by atoms with Gasteiger partial charge in [0.25, 0.3) is 5.91 Å². The molecule has 2 heterocycles. The van der Waals surface area contributed by atoms with E-state index >= 15 is 0 Å². The van der Waals surface area contributed by atoms with Crippen LogP contribution in [-0.2, 0) is 11.2 Å². The zero-order chi connectivity index (χ0) is 24.1. The number of carbonyl (C=O) groups excluding carboxylic acids is 1. The van der Waals surface area contributed by atoms with Crippen LogP contribution in [0.4, 0.5) is 8.78 Å². The molecular weight excluding hydrogens is 442 g/mol. The molecule has 0 unspecified atom stereocenters. The van der Waals surface area contributed by atoms with E-state index in [1.807, 2.05) is 0 Å². The van der Waals surface area contributed by atoms with Crippen molar-refractivity contribution in [3.8, 4) is 22.5 Å². The highest BCUT2D eigenvalue weighted by atomic mass is 19.1. The second-order valence-corrected chi connectivity index (χ2v) is 7.53. The predicted octanol–water partition coefficient (Wildman–Crippen LogP) is 4.19. The molecule has 0 fully saturated rings. The summed E-state index contributed by atoms with van der Waals surface area (Å²) in [6, 6.07) is 16.6. The Morgan fingerprint density at radius 2 is 1.79 bits per heavy atom. The van der Waals surface area contributed by atoms with Crippen molar-refractivity contribution in [3.63, 3.8) is 0 Å². The smallest absolute Gasteiger partial charge is 0.323 e. The van der Waals surface area contributed by atoms with Crippen LogP contribution in [0.5, 0.6) is 0 Å². The van der Waals surface area contributed by atoms with E-state index in [9.17, 15) is 23.5 Å². The van der Waals surface area contributed by atoms with E-state index in [0.29, 0.717) is 23.4 Å². The number of nitrogens with zero attached hydrogens (tertiary/aromatic N) is 3. The van der Waals surface area contributed by atoms with Gasteiger partial charge in [0.1, 0.15) is 18.2 Å². The average molecular weight is 462 g/mol. The van der Waals surface area contributed by atoms with Gasteiger partial charge in [-0.15, -0.1) is 0 Å². The first-order chi connectivity index (χ1) is 16.4. The largest absolute Gasteiger partial charge is 0.480 e. The molecule has 1 amide bonds. The zero-order valence-electron chi connectivity index (χ0n) is 17.9. The van der Waals surface area contributed by atoms with E-state index < -0.39 is 30.1 Å². The van der Waals surface area contributed by atoms with Crippen molar-refractivity contribution in [1.82, 2.24) is 20.1 Å². The first kappa shape index (κ1) is 22.8. The third-order valence-electron chi connectivity index (χ3n) is 5.21. The lowest BCUT2D eigenvalue weighted by molar-refractivity contribution is -0.137. The number of amides is 1. The van der Waals surface area contributed by atoms with Gasteiger partial charge in [0.2, 0.25) is 0 Å². The Morgan fingerprint density at radius 1 is 1.00 bits per heavy atom. The highest BCUT2D eigenvalue weighted by Gasteiger charge is 2.25. The SMILES string of the molecule is O=C(O)CN(CCc1ccccn1)C(=O)c1cccc(F)c1-c1cc(-c2ccc(F)cc2)[nH]n1. The van der Waals surface area contributed by atoms with Crippen molar-refractivity contribution >= 4 is 11.9 Å². The number of carboxylic acids is 1. The Kier molecular flexibility index (Phi) is 6.72. The topological polar surface area (TPSA) is 99.2 Å². The molecule has 0 saturated heterocycles. The normalized spacial score (nSPS) is 10.8. The lowest BCUT2D eigenvalue weighted by Crippen LogP contribution is -2.37. The number of rotatable bonds is 8. The maximum Gasteiger partial charge on any atom is 0.323 e. The monoisotopic (exact) mass is 462 g/mol. The summed E-state index contributed by atoms with van der Waals surface area (Å²) in [7, 11) is 0. The predicted molar refractivity (Wildman–Crippen MR) is 121 cm³/mol. The molecule has 2 aromatic heterocycles. The van der Waals surface area contributed by atoms with Gasteiger partial charge in [0.05, 0.1) is 22.5 Å². The summed E-state index contributed by atoms with van der Waals surface area (Å²) in [6.07, 6.45) is 1.95. The molecule has 0 aliphatic heterocycles. The first-order valence-corrected chi connectivity index (χ1v) is 10.4. The van der Waals surface area contributed by atoms with Gasteiger partial charge in [-0.2, -0.15) is 5.10 Å².